The maximum absolute atomic E-state index is 5.47. The Labute approximate surface area is 143 Å². The van der Waals surface area contributed by atoms with Gasteiger partial charge in [0.05, 0.1) is 28.4 Å². The van der Waals surface area contributed by atoms with Crippen LogP contribution < -0.4 is 24.3 Å². The molecule has 2 aromatic carbocycles. The van der Waals surface area contributed by atoms with E-state index in [2.05, 4.69) is 12.2 Å². The zero-order chi connectivity index (χ0) is 17.5. The van der Waals surface area contributed by atoms with Crippen LogP contribution in [-0.4, -0.2) is 28.4 Å². The van der Waals surface area contributed by atoms with Crippen LogP contribution in [0.15, 0.2) is 36.4 Å². The summed E-state index contributed by atoms with van der Waals surface area (Å²) in [5.74, 6) is 3.04. The van der Waals surface area contributed by atoms with Gasteiger partial charge < -0.3 is 24.3 Å². The zero-order valence-corrected chi connectivity index (χ0v) is 14.9. The van der Waals surface area contributed by atoms with Gasteiger partial charge in [0.15, 0.2) is 11.5 Å². The second-order valence-corrected chi connectivity index (χ2v) is 5.40. The molecule has 0 spiro atoms. The molecule has 0 aliphatic rings. The first kappa shape index (κ1) is 17.9. The molecule has 0 heterocycles. The molecule has 1 unspecified atom stereocenters. The number of rotatable bonds is 8. The van der Waals surface area contributed by atoms with Crippen molar-refractivity contribution in [1.29, 1.82) is 0 Å². The van der Waals surface area contributed by atoms with Gasteiger partial charge in [-0.3, -0.25) is 0 Å². The molecule has 0 aliphatic carbocycles. The van der Waals surface area contributed by atoms with Crippen LogP contribution in [-0.2, 0) is 6.54 Å². The summed E-state index contributed by atoms with van der Waals surface area (Å²) < 4.78 is 21.3. The largest absolute Gasteiger partial charge is 0.497 e. The predicted molar refractivity (Wildman–Crippen MR) is 94.3 cm³/mol. The van der Waals surface area contributed by atoms with Crippen LogP contribution in [0.25, 0.3) is 0 Å². The van der Waals surface area contributed by atoms with Crippen molar-refractivity contribution >= 4 is 0 Å². The minimum absolute atomic E-state index is 0.124. The normalized spacial score (nSPS) is 11.7. The molecule has 0 saturated carbocycles. The number of hydrogen-bond acceptors (Lipinski definition) is 5. The van der Waals surface area contributed by atoms with Crippen molar-refractivity contribution in [1.82, 2.24) is 5.32 Å². The van der Waals surface area contributed by atoms with Gasteiger partial charge in [-0.1, -0.05) is 12.1 Å². The fourth-order valence-electron chi connectivity index (χ4n) is 2.55. The highest BCUT2D eigenvalue weighted by Gasteiger charge is 2.13. The average molecular weight is 331 g/mol. The Bertz CT molecular complexity index is 672. The first-order valence-electron chi connectivity index (χ1n) is 7.79. The second kappa shape index (κ2) is 8.45. The number of benzene rings is 2. The van der Waals surface area contributed by atoms with E-state index in [4.69, 9.17) is 18.9 Å². The third-order valence-corrected chi connectivity index (χ3v) is 3.97. The van der Waals surface area contributed by atoms with Gasteiger partial charge in [0, 0.05) is 24.2 Å². The average Bonchev–Trinajstić information content (AvgIpc) is 2.65. The van der Waals surface area contributed by atoms with Crippen molar-refractivity contribution in [2.75, 3.05) is 28.4 Å². The molecule has 1 N–H and O–H groups in total. The van der Waals surface area contributed by atoms with Crippen LogP contribution in [0.5, 0.6) is 23.0 Å². The lowest BCUT2D eigenvalue weighted by Crippen LogP contribution is -2.18. The maximum Gasteiger partial charge on any atom is 0.161 e. The van der Waals surface area contributed by atoms with Crippen molar-refractivity contribution in [2.45, 2.75) is 19.5 Å². The number of hydrogen-bond donors (Lipinski definition) is 1. The van der Waals surface area contributed by atoms with Gasteiger partial charge >= 0.3 is 0 Å². The molecule has 24 heavy (non-hydrogen) atoms. The van der Waals surface area contributed by atoms with Gasteiger partial charge in [0.1, 0.15) is 11.5 Å². The first-order chi connectivity index (χ1) is 11.6. The summed E-state index contributed by atoms with van der Waals surface area (Å²) in [5.41, 5.74) is 2.20. The van der Waals surface area contributed by atoms with Crippen molar-refractivity contribution in [3.63, 3.8) is 0 Å². The summed E-state index contributed by atoms with van der Waals surface area (Å²) in [5, 5.41) is 3.50. The lowest BCUT2D eigenvalue weighted by molar-refractivity contribution is 0.354. The lowest BCUT2D eigenvalue weighted by atomic mass is 10.1. The molecule has 1 atom stereocenters. The Morgan fingerprint density at radius 3 is 2.12 bits per heavy atom. The molecule has 0 radical (unpaired) electrons. The Kier molecular flexibility index (Phi) is 6.32. The van der Waals surface area contributed by atoms with E-state index in [0.29, 0.717) is 6.54 Å². The minimum Gasteiger partial charge on any atom is -0.497 e. The molecule has 130 valence electrons. The smallest absolute Gasteiger partial charge is 0.161 e. The third kappa shape index (κ3) is 4.11. The highest BCUT2D eigenvalue weighted by Crippen LogP contribution is 2.30. The fraction of sp³-hybridized carbons (Fsp3) is 0.368. The molecular formula is C19H25NO4. The Balaban J connectivity index is 2.09. The molecule has 2 rings (SSSR count). The highest BCUT2D eigenvalue weighted by molar-refractivity contribution is 5.44. The predicted octanol–water partition coefficient (Wildman–Crippen LogP) is 3.57. The van der Waals surface area contributed by atoms with E-state index in [9.17, 15) is 0 Å². The molecule has 5 nitrogen and oxygen atoms in total. The summed E-state index contributed by atoms with van der Waals surface area (Å²) in [6.07, 6.45) is 0. The van der Waals surface area contributed by atoms with Gasteiger partial charge in [-0.25, -0.2) is 0 Å². The van der Waals surface area contributed by atoms with Gasteiger partial charge in [-0.15, -0.1) is 0 Å². The Morgan fingerprint density at radius 2 is 1.50 bits per heavy atom. The highest BCUT2D eigenvalue weighted by atomic mass is 16.5. The minimum atomic E-state index is 0.124. The van der Waals surface area contributed by atoms with Gasteiger partial charge in [-0.05, 0) is 30.7 Å². The summed E-state index contributed by atoms with van der Waals surface area (Å²) in [6.45, 7) is 2.81. The van der Waals surface area contributed by atoms with Crippen LogP contribution in [0, 0.1) is 0 Å². The van der Waals surface area contributed by atoms with Gasteiger partial charge in [0.25, 0.3) is 0 Å². The van der Waals surface area contributed by atoms with Crippen molar-refractivity contribution < 1.29 is 18.9 Å². The van der Waals surface area contributed by atoms with Crippen molar-refractivity contribution in [3.05, 3.63) is 47.5 Å². The molecule has 0 aliphatic heterocycles. The molecule has 0 saturated heterocycles. The number of ether oxygens (including phenoxy) is 4. The standard InChI is InChI=1S/C19H25NO4/c1-13(16-8-7-15(21-2)11-18(16)23-4)20-12-14-6-9-17(22-3)19(10-14)24-5/h6-11,13,20H,12H2,1-5H3. The Hall–Kier alpha value is -2.40. The van der Waals surface area contributed by atoms with E-state index >= 15 is 0 Å². The van der Waals surface area contributed by atoms with Crippen molar-refractivity contribution in [3.8, 4) is 23.0 Å². The third-order valence-electron chi connectivity index (χ3n) is 3.97. The Morgan fingerprint density at radius 1 is 0.792 bits per heavy atom. The summed E-state index contributed by atoms with van der Waals surface area (Å²) in [4.78, 5) is 0. The fourth-order valence-corrected chi connectivity index (χ4v) is 2.55. The topological polar surface area (TPSA) is 49.0 Å². The van der Waals surface area contributed by atoms with Crippen LogP contribution in [0.4, 0.5) is 0 Å². The summed E-state index contributed by atoms with van der Waals surface area (Å²) in [6, 6.07) is 11.9. The second-order valence-electron chi connectivity index (χ2n) is 5.40. The van der Waals surface area contributed by atoms with Crippen LogP contribution in [0.3, 0.4) is 0 Å². The van der Waals surface area contributed by atoms with E-state index in [1.165, 1.54) is 0 Å². The van der Waals surface area contributed by atoms with E-state index in [1.807, 2.05) is 36.4 Å². The molecule has 0 fully saturated rings. The first-order valence-corrected chi connectivity index (χ1v) is 7.79. The van der Waals surface area contributed by atoms with Crippen LogP contribution in [0.1, 0.15) is 24.1 Å². The molecule has 5 heteroatoms. The molecule has 2 aromatic rings. The summed E-state index contributed by atoms with van der Waals surface area (Å²) >= 11 is 0. The number of nitrogens with one attached hydrogen (secondary N) is 1. The zero-order valence-electron chi connectivity index (χ0n) is 14.9. The molecular weight excluding hydrogens is 306 g/mol. The van der Waals surface area contributed by atoms with E-state index in [1.54, 1.807) is 28.4 Å². The summed E-state index contributed by atoms with van der Waals surface area (Å²) in [7, 11) is 6.58. The van der Waals surface area contributed by atoms with Crippen LogP contribution >= 0.6 is 0 Å². The molecule has 0 amide bonds. The molecule has 0 bridgehead atoms. The monoisotopic (exact) mass is 331 g/mol. The van der Waals surface area contributed by atoms with Crippen molar-refractivity contribution in [2.24, 2.45) is 0 Å². The number of methoxy groups -OCH3 is 4. The van der Waals surface area contributed by atoms with Gasteiger partial charge in [0.2, 0.25) is 0 Å². The maximum atomic E-state index is 5.47. The SMILES string of the molecule is COc1ccc(C(C)NCc2ccc(OC)c(OC)c2)c(OC)c1. The molecule has 0 aromatic heterocycles. The van der Waals surface area contributed by atoms with Crippen LogP contribution in [0.2, 0.25) is 0 Å². The van der Waals surface area contributed by atoms with E-state index in [0.717, 1.165) is 34.1 Å². The van der Waals surface area contributed by atoms with Gasteiger partial charge in [-0.2, -0.15) is 0 Å². The quantitative estimate of drug-likeness (QED) is 0.801. The van der Waals surface area contributed by atoms with E-state index in [-0.39, 0.29) is 6.04 Å². The van der Waals surface area contributed by atoms with E-state index < -0.39 is 0 Å². The lowest BCUT2D eigenvalue weighted by Gasteiger charge is -2.18.